The Morgan fingerprint density at radius 2 is 1.77 bits per heavy atom. The third-order valence-electron chi connectivity index (χ3n) is 3.36. The molecule has 112 valence electrons. The highest BCUT2D eigenvalue weighted by atomic mass is 32.2. The monoisotopic (exact) mass is 313 g/mol. The maximum absolute atomic E-state index is 12.5. The van der Waals surface area contributed by atoms with Gasteiger partial charge >= 0.3 is 0 Å². The van der Waals surface area contributed by atoms with Crippen LogP contribution in [-0.4, -0.2) is 17.4 Å². The summed E-state index contributed by atoms with van der Waals surface area (Å²) in [5, 5.41) is 8.79. The molecule has 0 aliphatic carbocycles. The van der Waals surface area contributed by atoms with Crippen molar-refractivity contribution in [1.82, 2.24) is 0 Å². The van der Waals surface area contributed by atoms with Crippen molar-refractivity contribution in [1.29, 1.82) is 5.26 Å². The van der Waals surface area contributed by atoms with E-state index in [0.29, 0.717) is 40.9 Å². The molecular formula is C17H15NO3S. The van der Waals surface area contributed by atoms with Crippen molar-refractivity contribution in [2.75, 3.05) is 13.2 Å². The van der Waals surface area contributed by atoms with Crippen molar-refractivity contribution >= 4 is 10.8 Å². The van der Waals surface area contributed by atoms with Gasteiger partial charge in [0.25, 0.3) is 0 Å². The van der Waals surface area contributed by atoms with Crippen molar-refractivity contribution in [2.24, 2.45) is 0 Å². The Morgan fingerprint density at radius 3 is 2.50 bits per heavy atom. The fraction of sp³-hybridized carbons (Fsp3) is 0.235. The summed E-state index contributed by atoms with van der Waals surface area (Å²) in [5.41, 5.74) is 1.54. The lowest BCUT2D eigenvalue weighted by Gasteiger charge is -2.09. The average molecular weight is 313 g/mol. The normalized spacial score (nSPS) is 14.7. The molecule has 0 aromatic heterocycles. The molecule has 1 atom stereocenters. The molecule has 0 bridgehead atoms. The van der Waals surface area contributed by atoms with Crippen LogP contribution in [0.5, 0.6) is 11.5 Å². The van der Waals surface area contributed by atoms with E-state index in [1.54, 1.807) is 18.2 Å². The molecule has 0 amide bonds. The molecule has 0 spiro atoms. The fourth-order valence-electron chi connectivity index (χ4n) is 2.20. The third kappa shape index (κ3) is 3.29. The van der Waals surface area contributed by atoms with Crippen molar-refractivity contribution < 1.29 is 13.7 Å². The second kappa shape index (κ2) is 6.63. The van der Waals surface area contributed by atoms with Crippen LogP contribution >= 0.6 is 0 Å². The van der Waals surface area contributed by atoms with E-state index < -0.39 is 10.8 Å². The number of benzene rings is 2. The number of rotatable bonds is 3. The minimum atomic E-state index is -1.17. The van der Waals surface area contributed by atoms with Gasteiger partial charge in [-0.25, -0.2) is 0 Å². The second-order valence-electron chi connectivity index (χ2n) is 4.96. The highest BCUT2D eigenvalue weighted by Gasteiger charge is 2.13. The van der Waals surface area contributed by atoms with E-state index in [9.17, 15) is 4.21 Å². The SMILES string of the molecule is N#Cc1ccc(C[S@](=O)c2ccc3c(c2)OCCCO3)cc1. The number of fused-ring (bicyclic) bond motifs is 1. The first kappa shape index (κ1) is 14.6. The molecule has 0 fully saturated rings. The predicted octanol–water partition coefficient (Wildman–Crippen LogP) is 3.03. The number of nitriles is 1. The van der Waals surface area contributed by atoms with Gasteiger partial charge in [-0.05, 0) is 29.8 Å². The van der Waals surface area contributed by atoms with Crippen LogP contribution in [0.4, 0.5) is 0 Å². The highest BCUT2D eigenvalue weighted by Crippen LogP contribution is 2.31. The summed E-state index contributed by atoms with van der Waals surface area (Å²) in [5.74, 6) is 1.77. The first-order valence-electron chi connectivity index (χ1n) is 7.03. The molecule has 5 heteroatoms. The van der Waals surface area contributed by atoms with Crippen LogP contribution in [0.2, 0.25) is 0 Å². The quantitative estimate of drug-likeness (QED) is 0.874. The Labute approximate surface area is 131 Å². The molecule has 0 N–H and O–H groups in total. The van der Waals surface area contributed by atoms with Crippen molar-refractivity contribution in [3.05, 3.63) is 53.6 Å². The minimum absolute atomic E-state index is 0.408. The fourth-order valence-corrected chi connectivity index (χ4v) is 3.32. The summed E-state index contributed by atoms with van der Waals surface area (Å²) >= 11 is 0. The summed E-state index contributed by atoms with van der Waals surface area (Å²) in [6.45, 7) is 1.25. The van der Waals surface area contributed by atoms with E-state index in [1.165, 1.54) is 0 Å². The lowest BCUT2D eigenvalue weighted by molar-refractivity contribution is 0.297. The summed E-state index contributed by atoms with van der Waals surface area (Å²) in [7, 11) is -1.17. The topological polar surface area (TPSA) is 59.3 Å². The molecule has 0 unspecified atom stereocenters. The third-order valence-corrected chi connectivity index (χ3v) is 4.74. The van der Waals surface area contributed by atoms with Crippen LogP contribution in [0, 0.1) is 11.3 Å². The van der Waals surface area contributed by atoms with E-state index in [4.69, 9.17) is 14.7 Å². The summed E-state index contributed by atoms with van der Waals surface area (Å²) in [4.78, 5) is 0.716. The molecule has 1 aliphatic heterocycles. The van der Waals surface area contributed by atoms with Gasteiger partial charge in [-0.2, -0.15) is 5.26 Å². The van der Waals surface area contributed by atoms with E-state index in [1.807, 2.05) is 24.3 Å². The van der Waals surface area contributed by atoms with Gasteiger partial charge in [0.05, 0.1) is 41.4 Å². The van der Waals surface area contributed by atoms with Gasteiger partial charge < -0.3 is 9.47 Å². The predicted molar refractivity (Wildman–Crippen MR) is 83.3 cm³/mol. The minimum Gasteiger partial charge on any atom is -0.490 e. The van der Waals surface area contributed by atoms with Gasteiger partial charge in [-0.3, -0.25) is 4.21 Å². The molecule has 1 heterocycles. The van der Waals surface area contributed by atoms with E-state index >= 15 is 0 Å². The van der Waals surface area contributed by atoms with Gasteiger partial charge in [0.1, 0.15) is 0 Å². The highest BCUT2D eigenvalue weighted by molar-refractivity contribution is 7.84. The number of hydrogen-bond acceptors (Lipinski definition) is 4. The van der Waals surface area contributed by atoms with Crippen LogP contribution in [0.15, 0.2) is 47.4 Å². The Balaban J connectivity index is 1.77. The Bertz CT molecular complexity index is 735. The molecule has 0 saturated heterocycles. The first-order chi connectivity index (χ1) is 10.8. The Morgan fingerprint density at radius 1 is 1.05 bits per heavy atom. The zero-order valence-electron chi connectivity index (χ0n) is 12.0. The number of nitrogens with zero attached hydrogens (tertiary/aromatic N) is 1. The van der Waals surface area contributed by atoms with E-state index in [0.717, 1.165) is 12.0 Å². The summed E-state index contributed by atoms with van der Waals surface area (Å²) < 4.78 is 23.7. The van der Waals surface area contributed by atoms with E-state index in [-0.39, 0.29) is 0 Å². The van der Waals surface area contributed by atoms with Crippen LogP contribution in [0.3, 0.4) is 0 Å². The molecule has 0 radical (unpaired) electrons. The lowest BCUT2D eigenvalue weighted by atomic mass is 10.2. The van der Waals surface area contributed by atoms with Crippen molar-refractivity contribution in [3.63, 3.8) is 0 Å². The van der Waals surface area contributed by atoms with Crippen LogP contribution in [0.1, 0.15) is 17.5 Å². The van der Waals surface area contributed by atoms with Gasteiger partial charge in [0.15, 0.2) is 11.5 Å². The van der Waals surface area contributed by atoms with Crippen molar-refractivity contribution in [2.45, 2.75) is 17.1 Å². The lowest BCUT2D eigenvalue weighted by Crippen LogP contribution is -1.99. The van der Waals surface area contributed by atoms with Gasteiger partial charge in [0, 0.05) is 17.4 Å². The maximum Gasteiger partial charge on any atom is 0.162 e. The molecule has 2 aromatic carbocycles. The molecule has 0 saturated carbocycles. The number of hydrogen-bond donors (Lipinski definition) is 0. The average Bonchev–Trinajstić information content (AvgIpc) is 2.80. The Hall–Kier alpha value is -2.32. The number of ether oxygens (including phenoxy) is 2. The first-order valence-corrected chi connectivity index (χ1v) is 8.35. The second-order valence-corrected chi connectivity index (χ2v) is 6.41. The Kier molecular flexibility index (Phi) is 4.40. The van der Waals surface area contributed by atoms with Crippen LogP contribution in [0.25, 0.3) is 0 Å². The standard InChI is InChI=1S/C17H15NO3S/c18-11-13-2-4-14(5-3-13)12-22(19)15-6-7-16-17(10-15)21-9-1-8-20-16/h2-7,10H,1,8-9,12H2/t22-/m0/s1. The molecule has 2 aromatic rings. The summed E-state index contributed by atoms with van der Waals surface area (Å²) in [6.07, 6.45) is 0.846. The zero-order chi connectivity index (χ0) is 15.4. The molecular weight excluding hydrogens is 298 g/mol. The van der Waals surface area contributed by atoms with Gasteiger partial charge in [0.2, 0.25) is 0 Å². The summed E-state index contributed by atoms with van der Waals surface area (Å²) in [6, 6.07) is 14.6. The molecule has 4 nitrogen and oxygen atoms in total. The van der Waals surface area contributed by atoms with E-state index in [2.05, 4.69) is 6.07 Å². The van der Waals surface area contributed by atoms with Crippen LogP contribution in [-0.2, 0) is 16.6 Å². The molecule has 3 rings (SSSR count). The molecule has 22 heavy (non-hydrogen) atoms. The largest absolute Gasteiger partial charge is 0.490 e. The van der Waals surface area contributed by atoms with Gasteiger partial charge in [-0.15, -0.1) is 0 Å². The van der Waals surface area contributed by atoms with Crippen LogP contribution < -0.4 is 9.47 Å². The van der Waals surface area contributed by atoms with Crippen molar-refractivity contribution in [3.8, 4) is 17.6 Å². The zero-order valence-corrected chi connectivity index (χ0v) is 12.8. The molecule has 1 aliphatic rings. The maximum atomic E-state index is 12.5. The smallest absolute Gasteiger partial charge is 0.162 e. The van der Waals surface area contributed by atoms with Gasteiger partial charge in [-0.1, -0.05) is 12.1 Å².